The molecule has 0 aromatic carbocycles. The molecule has 0 unspecified atom stereocenters. The molecule has 82 valence electrons. The number of nitriles is 1. The number of amides is 1. The van der Waals surface area contributed by atoms with Gasteiger partial charge in [-0.15, -0.1) is 0 Å². The van der Waals surface area contributed by atoms with Crippen LogP contribution in [0.3, 0.4) is 0 Å². The highest BCUT2D eigenvalue weighted by molar-refractivity contribution is 6.30. The zero-order valence-corrected chi connectivity index (χ0v) is 9.45. The molecule has 16 heavy (non-hydrogen) atoms. The predicted molar refractivity (Wildman–Crippen MR) is 61.7 cm³/mol. The fraction of sp³-hybridized carbons (Fsp3) is 0.182. The lowest BCUT2D eigenvalue weighted by molar-refractivity contribution is -0.118. The van der Waals surface area contributed by atoms with Crippen molar-refractivity contribution in [1.29, 1.82) is 5.26 Å². The van der Waals surface area contributed by atoms with Crippen LogP contribution in [0.25, 0.3) is 6.08 Å². The van der Waals surface area contributed by atoms with Gasteiger partial charge in [0.2, 0.25) is 5.91 Å². The number of hydrogen-bond donors (Lipinski definition) is 1. The number of carbonyl (C=O) groups is 1. The van der Waals surface area contributed by atoms with Crippen LogP contribution in [0.2, 0.25) is 5.15 Å². The summed E-state index contributed by atoms with van der Waals surface area (Å²) in [6.07, 6.45) is 5.10. The first kappa shape index (κ1) is 12.2. The summed E-state index contributed by atoms with van der Waals surface area (Å²) in [7, 11) is 0. The van der Waals surface area contributed by atoms with Crippen LogP contribution in [0.1, 0.15) is 18.1 Å². The van der Waals surface area contributed by atoms with E-state index in [4.69, 9.17) is 16.9 Å². The largest absolute Gasteiger partial charge is 0.353 e. The van der Waals surface area contributed by atoms with Crippen molar-refractivity contribution in [3.05, 3.63) is 34.6 Å². The van der Waals surface area contributed by atoms with Gasteiger partial charge in [-0.2, -0.15) is 5.26 Å². The smallest absolute Gasteiger partial charge is 0.217 e. The van der Waals surface area contributed by atoms with Crippen molar-refractivity contribution in [2.75, 3.05) is 6.54 Å². The fourth-order valence-electron chi connectivity index (χ4n) is 1.03. The maximum absolute atomic E-state index is 10.6. The maximum Gasteiger partial charge on any atom is 0.217 e. The van der Waals surface area contributed by atoms with Crippen LogP contribution in [0, 0.1) is 11.3 Å². The van der Waals surface area contributed by atoms with E-state index < -0.39 is 0 Å². The highest BCUT2D eigenvalue weighted by atomic mass is 35.5. The number of nitrogens with zero attached hydrogens (tertiary/aromatic N) is 2. The zero-order chi connectivity index (χ0) is 12.0. The molecule has 0 atom stereocenters. The number of halogens is 1. The fourth-order valence-corrected chi connectivity index (χ4v) is 1.18. The normalized spacial score (nSPS) is 10.1. The topological polar surface area (TPSA) is 65.8 Å². The van der Waals surface area contributed by atoms with Gasteiger partial charge in [-0.25, -0.2) is 4.98 Å². The summed E-state index contributed by atoms with van der Waals surface area (Å²) in [5.41, 5.74) is 1.11. The van der Waals surface area contributed by atoms with Gasteiger partial charge in [-0.1, -0.05) is 23.8 Å². The van der Waals surface area contributed by atoms with Crippen molar-refractivity contribution >= 4 is 23.6 Å². The van der Waals surface area contributed by atoms with Gasteiger partial charge in [0.1, 0.15) is 11.2 Å². The van der Waals surface area contributed by atoms with Crippen LogP contribution in [0.15, 0.2) is 18.3 Å². The standard InChI is InChI=1S/C11H10ClN3O/c1-8(16)14-4-2-3-9-5-10(6-13)11(12)15-7-9/h2-3,5,7H,4H2,1H3,(H,14,16). The summed E-state index contributed by atoms with van der Waals surface area (Å²) >= 11 is 5.68. The third-order valence-corrected chi connectivity index (χ3v) is 2.06. The molecule has 1 heterocycles. The van der Waals surface area contributed by atoms with Crippen LogP contribution in [0.4, 0.5) is 0 Å². The highest BCUT2D eigenvalue weighted by Crippen LogP contribution is 2.13. The molecule has 4 nitrogen and oxygen atoms in total. The lowest BCUT2D eigenvalue weighted by Crippen LogP contribution is -2.19. The molecule has 0 spiro atoms. The molecule has 1 aromatic rings. The first-order valence-electron chi connectivity index (χ1n) is 4.60. The Kier molecular flexibility index (Phi) is 4.49. The summed E-state index contributed by atoms with van der Waals surface area (Å²) in [4.78, 5) is 14.5. The van der Waals surface area contributed by atoms with Gasteiger partial charge in [0.25, 0.3) is 0 Å². The van der Waals surface area contributed by atoms with E-state index in [9.17, 15) is 4.79 Å². The predicted octanol–water partition coefficient (Wildman–Crippen LogP) is 1.76. The monoisotopic (exact) mass is 235 g/mol. The third-order valence-electron chi connectivity index (χ3n) is 1.76. The number of pyridine rings is 1. The Morgan fingerprint density at radius 3 is 3.12 bits per heavy atom. The van der Waals surface area contributed by atoms with Crippen molar-refractivity contribution in [3.8, 4) is 6.07 Å². The lowest BCUT2D eigenvalue weighted by atomic mass is 10.2. The molecule has 1 amide bonds. The Morgan fingerprint density at radius 2 is 2.50 bits per heavy atom. The summed E-state index contributed by atoms with van der Waals surface area (Å²) in [5.74, 6) is -0.0865. The van der Waals surface area contributed by atoms with Gasteiger partial charge < -0.3 is 5.32 Å². The van der Waals surface area contributed by atoms with E-state index in [0.29, 0.717) is 12.1 Å². The Morgan fingerprint density at radius 1 is 1.75 bits per heavy atom. The number of hydrogen-bond acceptors (Lipinski definition) is 3. The lowest BCUT2D eigenvalue weighted by Gasteiger charge is -1.97. The average molecular weight is 236 g/mol. The second-order valence-electron chi connectivity index (χ2n) is 3.06. The molecule has 0 bridgehead atoms. The molecule has 1 N–H and O–H groups in total. The van der Waals surface area contributed by atoms with Crippen LogP contribution in [-0.2, 0) is 4.79 Å². The molecule has 5 heteroatoms. The molecule has 1 rings (SSSR count). The maximum atomic E-state index is 10.6. The zero-order valence-electron chi connectivity index (χ0n) is 8.70. The minimum atomic E-state index is -0.0865. The molecule has 0 saturated carbocycles. The molecular weight excluding hydrogens is 226 g/mol. The van der Waals surface area contributed by atoms with Crippen LogP contribution in [-0.4, -0.2) is 17.4 Å². The van der Waals surface area contributed by atoms with Crippen LogP contribution < -0.4 is 5.32 Å². The van der Waals surface area contributed by atoms with Crippen molar-refractivity contribution in [3.63, 3.8) is 0 Å². The van der Waals surface area contributed by atoms with Crippen molar-refractivity contribution in [2.24, 2.45) is 0 Å². The number of rotatable bonds is 3. The van der Waals surface area contributed by atoms with Crippen molar-refractivity contribution in [2.45, 2.75) is 6.92 Å². The minimum Gasteiger partial charge on any atom is -0.353 e. The van der Waals surface area contributed by atoms with Crippen LogP contribution >= 0.6 is 11.6 Å². The van der Waals surface area contributed by atoms with E-state index in [1.807, 2.05) is 6.07 Å². The van der Waals surface area contributed by atoms with Gasteiger partial charge in [0, 0.05) is 19.7 Å². The number of carbonyl (C=O) groups excluding carboxylic acids is 1. The van der Waals surface area contributed by atoms with Crippen molar-refractivity contribution in [1.82, 2.24) is 10.3 Å². The first-order chi connectivity index (χ1) is 7.63. The summed E-state index contributed by atoms with van der Waals surface area (Å²) < 4.78 is 0. The SMILES string of the molecule is CC(=O)NCC=Cc1cnc(Cl)c(C#N)c1. The molecular formula is C11H10ClN3O. The third kappa shape index (κ3) is 3.71. The quantitative estimate of drug-likeness (QED) is 0.812. The van der Waals surface area contributed by atoms with Gasteiger partial charge in [0.05, 0.1) is 5.56 Å². The highest BCUT2D eigenvalue weighted by Gasteiger charge is 2.00. The summed E-state index contributed by atoms with van der Waals surface area (Å²) in [5, 5.41) is 11.5. The molecule has 0 saturated heterocycles. The summed E-state index contributed by atoms with van der Waals surface area (Å²) in [6, 6.07) is 3.58. The van der Waals surface area contributed by atoms with E-state index in [1.165, 1.54) is 6.92 Å². The van der Waals surface area contributed by atoms with E-state index in [2.05, 4.69) is 10.3 Å². The van der Waals surface area contributed by atoms with Gasteiger partial charge >= 0.3 is 0 Å². The molecule has 0 radical (unpaired) electrons. The van der Waals surface area contributed by atoms with Gasteiger partial charge in [-0.3, -0.25) is 4.79 Å². The molecule has 1 aromatic heterocycles. The number of aromatic nitrogens is 1. The molecule has 0 aliphatic heterocycles. The van der Waals surface area contributed by atoms with Crippen LogP contribution in [0.5, 0.6) is 0 Å². The number of nitrogens with one attached hydrogen (secondary N) is 1. The Labute approximate surface area is 98.6 Å². The molecule has 0 fully saturated rings. The van der Waals surface area contributed by atoms with Crippen molar-refractivity contribution < 1.29 is 4.79 Å². The first-order valence-corrected chi connectivity index (χ1v) is 4.98. The van der Waals surface area contributed by atoms with E-state index >= 15 is 0 Å². The molecule has 0 aliphatic rings. The van der Waals surface area contributed by atoms with E-state index in [-0.39, 0.29) is 11.1 Å². The Hall–Kier alpha value is -1.86. The van der Waals surface area contributed by atoms with Gasteiger partial charge in [-0.05, 0) is 11.6 Å². The Bertz CT molecular complexity index is 463. The molecule has 0 aliphatic carbocycles. The van der Waals surface area contributed by atoms with E-state index in [1.54, 1.807) is 24.4 Å². The van der Waals surface area contributed by atoms with Gasteiger partial charge in [0.15, 0.2) is 0 Å². The average Bonchev–Trinajstić information content (AvgIpc) is 2.26. The minimum absolute atomic E-state index is 0.0865. The second kappa shape index (κ2) is 5.89. The van der Waals surface area contributed by atoms with E-state index in [0.717, 1.165) is 5.56 Å². The second-order valence-corrected chi connectivity index (χ2v) is 3.42. The summed E-state index contributed by atoms with van der Waals surface area (Å²) in [6.45, 7) is 1.89. The Balaban J connectivity index is 2.68.